The fraction of sp³-hybridized carbons (Fsp3) is 0.400. The molecular formula is C15H21BrN4. The van der Waals surface area contributed by atoms with Gasteiger partial charge in [-0.3, -0.25) is 4.98 Å². The molecule has 1 heterocycles. The fourth-order valence-electron chi connectivity index (χ4n) is 2.25. The SMILES string of the molecule is CN(C)CCCN(C)c1ccc(N)c2cc(Br)cnc12. The van der Waals surface area contributed by atoms with Crippen LogP contribution in [0, 0.1) is 0 Å². The molecule has 2 aromatic rings. The predicted molar refractivity (Wildman–Crippen MR) is 90.3 cm³/mol. The first-order valence-electron chi connectivity index (χ1n) is 6.68. The van der Waals surface area contributed by atoms with Crippen molar-refractivity contribution in [2.75, 3.05) is 44.9 Å². The minimum Gasteiger partial charge on any atom is -0.398 e. The van der Waals surface area contributed by atoms with E-state index in [4.69, 9.17) is 5.73 Å². The van der Waals surface area contributed by atoms with Gasteiger partial charge < -0.3 is 15.5 Å². The minimum absolute atomic E-state index is 0.763. The lowest BCUT2D eigenvalue weighted by atomic mass is 10.1. The normalized spacial score (nSPS) is 11.2. The van der Waals surface area contributed by atoms with Crippen molar-refractivity contribution in [1.29, 1.82) is 0 Å². The number of hydrogen-bond donors (Lipinski definition) is 1. The Morgan fingerprint density at radius 3 is 2.65 bits per heavy atom. The minimum atomic E-state index is 0.763. The number of nitrogens with zero attached hydrogens (tertiary/aromatic N) is 3. The lowest BCUT2D eigenvalue weighted by molar-refractivity contribution is 0.402. The first kappa shape index (κ1) is 15.1. The third-order valence-electron chi connectivity index (χ3n) is 3.34. The molecule has 0 saturated heterocycles. The van der Waals surface area contributed by atoms with Crippen LogP contribution in [0.25, 0.3) is 10.9 Å². The van der Waals surface area contributed by atoms with E-state index in [1.807, 2.05) is 24.4 Å². The van der Waals surface area contributed by atoms with Gasteiger partial charge in [-0.2, -0.15) is 0 Å². The van der Waals surface area contributed by atoms with Crippen LogP contribution in [0.5, 0.6) is 0 Å². The van der Waals surface area contributed by atoms with Gasteiger partial charge in [-0.25, -0.2) is 0 Å². The largest absolute Gasteiger partial charge is 0.398 e. The highest BCUT2D eigenvalue weighted by Gasteiger charge is 2.10. The number of nitrogen functional groups attached to an aromatic ring is 1. The molecule has 0 spiro atoms. The molecule has 0 radical (unpaired) electrons. The lowest BCUT2D eigenvalue weighted by Crippen LogP contribution is -2.23. The van der Waals surface area contributed by atoms with Crippen LogP contribution in [0.15, 0.2) is 28.9 Å². The van der Waals surface area contributed by atoms with Gasteiger partial charge in [-0.05, 0) is 61.2 Å². The number of rotatable bonds is 5. The van der Waals surface area contributed by atoms with Gasteiger partial charge in [0.2, 0.25) is 0 Å². The van der Waals surface area contributed by atoms with Crippen molar-refractivity contribution >= 4 is 38.2 Å². The Hall–Kier alpha value is -1.33. The smallest absolute Gasteiger partial charge is 0.0956 e. The number of anilines is 2. The number of fused-ring (bicyclic) bond motifs is 1. The molecule has 4 nitrogen and oxygen atoms in total. The molecule has 0 atom stereocenters. The monoisotopic (exact) mass is 336 g/mol. The Balaban J connectivity index is 2.28. The van der Waals surface area contributed by atoms with Crippen molar-refractivity contribution < 1.29 is 0 Å². The standard InChI is InChI=1S/C15H21BrN4/c1-19(2)7-4-8-20(3)14-6-5-13(17)12-9-11(16)10-18-15(12)14/h5-6,9-10H,4,7-8,17H2,1-3H3. The molecule has 0 aliphatic rings. The van der Waals surface area contributed by atoms with Crippen molar-refractivity contribution in [1.82, 2.24) is 9.88 Å². The summed E-state index contributed by atoms with van der Waals surface area (Å²) in [5, 5.41) is 0.997. The second-order valence-corrected chi connectivity index (χ2v) is 6.22. The summed E-state index contributed by atoms with van der Waals surface area (Å²) < 4.78 is 0.948. The first-order chi connectivity index (χ1) is 9.49. The lowest BCUT2D eigenvalue weighted by Gasteiger charge is -2.22. The van der Waals surface area contributed by atoms with Crippen molar-refractivity contribution in [2.45, 2.75) is 6.42 Å². The van der Waals surface area contributed by atoms with Crippen molar-refractivity contribution in [3.8, 4) is 0 Å². The quantitative estimate of drug-likeness (QED) is 0.852. The van der Waals surface area contributed by atoms with E-state index in [2.05, 4.69) is 51.9 Å². The molecule has 2 rings (SSSR count). The van der Waals surface area contributed by atoms with Crippen LogP contribution in [0.3, 0.4) is 0 Å². The Morgan fingerprint density at radius 1 is 1.20 bits per heavy atom. The highest BCUT2D eigenvalue weighted by molar-refractivity contribution is 9.10. The summed E-state index contributed by atoms with van der Waals surface area (Å²) in [4.78, 5) is 8.97. The second kappa shape index (κ2) is 6.41. The van der Waals surface area contributed by atoms with Gasteiger partial charge in [0.1, 0.15) is 0 Å². The zero-order valence-electron chi connectivity index (χ0n) is 12.2. The van der Waals surface area contributed by atoms with Crippen LogP contribution < -0.4 is 10.6 Å². The molecular weight excluding hydrogens is 316 g/mol. The average molecular weight is 337 g/mol. The molecule has 1 aromatic heterocycles. The molecule has 0 aliphatic carbocycles. The topological polar surface area (TPSA) is 45.4 Å². The Morgan fingerprint density at radius 2 is 1.95 bits per heavy atom. The molecule has 20 heavy (non-hydrogen) atoms. The van der Waals surface area contributed by atoms with E-state index in [-0.39, 0.29) is 0 Å². The van der Waals surface area contributed by atoms with Gasteiger partial charge >= 0.3 is 0 Å². The number of pyridine rings is 1. The molecule has 5 heteroatoms. The molecule has 108 valence electrons. The summed E-state index contributed by atoms with van der Waals surface area (Å²) in [5.74, 6) is 0. The van der Waals surface area contributed by atoms with Crippen LogP contribution in [-0.2, 0) is 0 Å². The summed E-state index contributed by atoms with van der Waals surface area (Å²) >= 11 is 3.45. The molecule has 0 bridgehead atoms. The highest BCUT2D eigenvalue weighted by atomic mass is 79.9. The van der Waals surface area contributed by atoms with Crippen LogP contribution in [0.1, 0.15) is 6.42 Å². The van der Waals surface area contributed by atoms with E-state index >= 15 is 0 Å². The molecule has 2 N–H and O–H groups in total. The van der Waals surface area contributed by atoms with Crippen LogP contribution in [0.4, 0.5) is 11.4 Å². The van der Waals surface area contributed by atoms with Crippen LogP contribution in [-0.4, -0.2) is 44.1 Å². The fourth-order valence-corrected chi connectivity index (χ4v) is 2.58. The summed E-state index contributed by atoms with van der Waals surface area (Å²) in [6.45, 7) is 2.07. The zero-order chi connectivity index (χ0) is 14.7. The van der Waals surface area contributed by atoms with E-state index in [9.17, 15) is 0 Å². The summed E-state index contributed by atoms with van der Waals surface area (Å²) in [5.41, 5.74) is 8.90. The van der Waals surface area contributed by atoms with E-state index in [1.165, 1.54) is 0 Å². The van der Waals surface area contributed by atoms with E-state index in [1.54, 1.807) is 0 Å². The van der Waals surface area contributed by atoms with E-state index in [0.717, 1.165) is 46.3 Å². The van der Waals surface area contributed by atoms with Gasteiger partial charge in [0, 0.05) is 35.3 Å². The van der Waals surface area contributed by atoms with Gasteiger partial charge in [0.05, 0.1) is 11.2 Å². The molecule has 1 aromatic carbocycles. The summed E-state index contributed by atoms with van der Waals surface area (Å²) in [7, 11) is 6.29. The third-order valence-corrected chi connectivity index (χ3v) is 3.77. The number of nitrogens with two attached hydrogens (primary N) is 1. The average Bonchev–Trinajstić information content (AvgIpc) is 2.39. The van der Waals surface area contributed by atoms with Gasteiger partial charge in [0.15, 0.2) is 0 Å². The Kier molecular flexibility index (Phi) is 4.83. The molecule has 0 saturated carbocycles. The van der Waals surface area contributed by atoms with E-state index in [0.29, 0.717) is 0 Å². The zero-order valence-corrected chi connectivity index (χ0v) is 13.8. The van der Waals surface area contributed by atoms with Crippen molar-refractivity contribution in [2.24, 2.45) is 0 Å². The first-order valence-corrected chi connectivity index (χ1v) is 7.48. The van der Waals surface area contributed by atoms with Crippen molar-refractivity contribution in [3.05, 3.63) is 28.9 Å². The number of aromatic nitrogens is 1. The molecule has 0 fully saturated rings. The maximum Gasteiger partial charge on any atom is 0.0956 e. The number of hydrogen-bond acceptors (Lipinski definition) is 4. The molecule has 0 amide bonds. The molecule has 0 aliphatic heterocycles. The maximum atomic E-state index is 6.05. The summed E-state index contributed by atoms with van der Waals surface area (Å²) in [6.07, 6.45) is 2.94. The molecule has 0 unspecified atom stereocenters. The third kappa shape index (κ3) is 3.41. The van der Waals surface area contributed by atoms with Gasteiger partial charge in [-0.1, -0.05) is 0 Å². The number of halogens is 1. The van der Waals surface area contributed by atoms with E-state index < -0.39 is 0 Å². The van der Waals surface area contributed by atoms with Crippen LogP contribution >= 0.6 is 15.9 Å². The highest BCUT2D eigenvalue weighted by Crippen LogP contribution is 2.30. The summed E-state index contributed by atoms with van der Waals surface area (Å²) in [6, 6.07) is 6.03. The van der Waals surface area contributed by atoms with Crippen LogP contribution in [0.2, 0.25) is 0 Å². The van der Waals surface area contributed by atoms with Crippen molar-refractivity contribution in [3.63, 3.8) is 0 Å². The number of benzene rings is 1. The maximum absolute atomic E-state index is 6.05. The van der Waals surface area contributed by atoms with Gasteiger partial charge in [0.25, 0.3) is 0 Å². The Bertz CT molecular complexity index is 598. The Labute approximate surface area is 128 Å². The second-order valence-electron chi connectivity index (χ2n) is 5.30. The predicted octanol–water partition coefficient (Wildman–Crippen LogP) is 2.97. The van der Waals surface area contributed by atoms with Gasteiger partial charge in [-0.15, -0.1) is 0 Å².